The second-order valence-electron chi connectivity index (χ2n) is 12.3. The lowest BCUT2D eigenvalue weighted by Crippen LogP contribution is -2.46. The van der Waals surface area contributed by atoms with E-state index in [1.54, 1.807) is 17.3 Å². The van der Waals surface area contributed by atoms with Crippen molar-refractivity contribution in [2.75, 3.05) is 31.6 Å². The Morgan fingerprint density at radius 3 is 2.44 bits per heavy atom. The summed E-state index contributed by atoms with van der Waals surface area (Å²) in [5.41, 5.74) is 1.75. The molecule has 3 aromatic heterocycles. The van der Waals surface area contributed by atoms with E-state index < -0.39 is 5.60 Å². The molecule has 3 fully saturated rings. The van der Waals surface area contributed by atoms with E-state index in [-0.39, 0.29) is 12.2 Å². The van der Waals surface area contributed by atoms with Crippen molar-refractivity contribution in [1.29, 1.82) is 0 Å². The van der Waals surface area contributed by atoms with Gasteiger partial charge in [0.2, 0.25) is 5.95 Å². The van der Waals surface area contributed by atoms with Gasteiger partial charge in [-0.1, -0.05) is 11.3 Å². The van der Waals surface area contributed by atoms with Gasteiger partial charge in [0.1, 0.15) is 11.7 Å². The standard InChI is InChI=1S/C29H37N7O4S/c1-28(2,3)40-27(37)36-12-7-19(8-13-36)20-14-31-24(32-15-20)35-26-33-16-23(41-26)22-6-11-30-25(34-22)39-21-4-9-29(10-5-21)17-38-18-29/h6,11,14-16,19,21H,4-5,7-10,12-13,17-18H2,1-3H3,(H,31,32,33,35). The Kier molecular flexibility index (Phi) is 7.78. The smallest absolute Gasteiger partial charge is 0.410 e. The lowest BCUT2D eigenvalue weighted by molar-refractivity contribution is -0.140. The summed E-state index contributed by atoms with van der Waals surface area (Å²) >= 11 is 1.47. The third-order valence-corrected chi connectivity index (χ3v) is 8.92. The number of rotatable bonds is 6. The number of aromatic nitrogens is 5. The van der Waals surface area contributed by atoms with Crippen LogP contribution in [0.3, 0.4) is 0 Å². The van der Waals surface area contributed by atoms with Gasteiger partial charge in [0.15, 0.2) is 5.13 Å². The van der Waals surface area contributed by atoms with Crippen LogP contribution in [0.1, 0.15) is 70.8 Å². The van der Waals surface area contributed by atoms with Gasteiger partial charge in [-0.15, -0.1) is 0 Å². The van der Waals surface area contributed by atoms with E-state index in [9.17, 15) is 4.79 Å². The Bertz CT molecular complexity index is 1340. The zero-order valence-electron chi connectivity index (χ0n) is 23.8. The highest BCUT2D eigenvalue weighted by Gasteiger charge is 2.42. The summed E-state index contributed by atoms with van der Waals surface area (Å²) in [5, 5.41) is 3.88. The quantitative estimate of drug-likeness (QED) is 0.395. The minimum absolute atomic E-state index is 0.146. The number of amides is 1. The van der Waals surface area contributed by atoms with Gasteiger partial charge in [-0.2, -0.15) is 4.98 Å². The second kappa shape index (κ2) is 11.5. The lowest BCUT2D eigenvalue weighted by Gasteiger charge is -2.45. The number of likely N-dealkylation sites (tertiary alicyclic amines) is 1. The fourth-order valence-electron chi connectivity index (χ4n) is 5.57. The largest absolute Gasteiger partial charge is 0.460 e. The van der Waals surface area contributed by atoms with Crippen LogP contribution in [0.25, 0.3) is 10.6 Å². The maximum Gasteiger partial charge on any atom is 0.410 e. The van der Waals surface area contributed by atoms with Crippen LogP contribution in [0.4, 0.5) is 15.9 Å². The summed E-state index contributed by atoms with van der Waals surface area (Å²) in [6, 6.07) is 2.28. The number of carbonyl (C=O) groups excluding carboxylic acids is 1. The third kappa shape index (κ3) is 6.75. The molecule has 12 heteroatoms. The first-order valence-corrected chi connectivity index (χ1v) is 15.2. The number of anilines is 2. The molecule has 0 atom stereocenters. The van der Waals surface area contributed by atoms with Gasteiger partial charge in [-0.3, -0.25) is 0 Å². The molecule has 6 rings (SSSR count). The molecule has 3 aliphatic rings. The van der Waals surface area contributed by atoms with Crippen molar-refractivity contribution in [2.45, 2.75) is 76.9 Å². The normalized spacial score (nSPS) is 19.5. The molecule has 2 saturated heterocycles. The molecule has 1 amide bonds. The van der Waals surface area contributed by atoms with E-state index in [1.807, 2.05) is 39.2 Å². The molecule has 1 aliphatic carbocycles. The molecule has 41 heavy (non-hydrogen) atoms. The number of hydrogen-bond acceptors (Lipinski definition) is 11. The van der Waals surface area contributed by atoms with Crippen molar-refractivity contribution in [2.24, 2.45) is 5.41 Å². The Labute approximate surface area is 244 Å². The highest BCUT2D eigenvalue weighted by Crippen LogP contribution is 2.43. The Balaban J connectivity index is 1.01. The SMILES string of the molecule is CC(C)(C)OC(=O)N1CCC(c2cnc(Nc3ncc(-c4ccnc(OC5CCC6(CC5)COC6)n4)s3)nc2)CC1. The monoisotopic (exact) mass is 579 g/mol. The molecule has 0 aromatic carbocycles. The number of ether oxygens (including phenoxy) is 3. The average Bonchev–Trinajstić information content (AvgIpc) is 3.41. The molecule has 0 unspecified atom stereocenters. The number of thiazole rings is 1. The van der Waals surface area contributed by atoms with E-state index in [1.165, 1.54) is 11.3 Å². The first-order chi connectivity index (χ1) is 19.7. The van der Waals surface area contributed by atoms with Crippen LogP contribution in [0.15, 0.2) is 30.9 Å². The number of nitrogens with zero attached hydrogens (tertiary/aromatic N) is 6. The first kappa shape index (κ1) is 27.8. The maximum absolute atomic E-state index is 12.3. The highest BCUT2D eigenvalue weighted by atomic mass is 32.1. The van der Waals surface area contributed by atoms with Gasteiger partial charge in [-0.05, 0) is 76.8 Å². The molecule has 0 bridgehead atoms. The van der Waals surface area contributed by atoms with Crippen molar-refractivity contribution in [3.05, 3.63) is 36.4 Å². The van der Waals surface area contributed by atoms with Crippen LogP contribution >= 0.6 is 11.3 Å². The van der Waals surface area contributed by atoms with Gasteiger partial charge >= 0.3 is 12.1 Å². The Morgan fingerprint density at radius 1 is 1.05 bits per heavy atom. The predicted octanol–water partition coefficient (Wildman–Crippen LogP) is 5.59. The van der Waals surface area contributed by atoms with Crippen molar-refractivity contribution in [1.82, 2.24) is 29.8 Å². The van der Waals surface area contributed by atoms with Gasteiger partial charge < -0.3 is 24.4 Å². The van der Waals surface area contributed by atoms with E-state index in [0.717, 1.165) is 67.9 Å². The maximum atomic E-state index is 12.3. The minimum Gasteiger partial charge on any atom is -0.460 e. The van der Waals surface area contributed by atoms with E-state index in [4.69, 9.17) is 14.2 Å². The zero-order chi connectivity index (χ0) is 28.5. The lowest BCUT2D eigenvalue weighted by atomic mass is 9.72. The summed E-state index contributed by atoms with van der Waals surface area (Å²) in [6.45, 7) is 8.75. The number of carbonyl (C=O) groups is 1. The molecule has 2 aliphatic heterocycles. The van der Waals surface area contributed by atoms with Crippen molar-refractivity contribution >= 4 is 28.5 Å². The van der Waals surface area contributed by atoms with Gasteiger partial charge in [-0.25, -0.2) is 24.7 Å². The number of nitrogens with one attached hydrogen (secondary N) is 1. The number of piperidine rings is 1. The molecule has 1 N–H and O–H groups in total. The molecule has 0 radical (unpaired) electrons. The van der Waals surface area contributed by atoms with Crippen molar-refractivity contribution in [3.63, 3.8) is 0 Å². The van der Waals surface area contributed by atoms with Crippen LogP contribution in [0.2, 0.25) is 0 Å². The topological polar surface area (TPSA) is 124 Å². The number of hydrogen-bond donors (Lipinski definition) is 1. The summed E-state index contributed by atoms with van der Waals surface area (Å²) < 4.78 is 17.1. The molecular weight excluding hydrogens is 542 g/mol. The van der Waals surface area contributed by atoms with Crippen LogP contribution in [0, 0.1) is 5.41 Å². The second-order valence-corrected chi connectivity index (χ2v) is 13.3. The fraction of sp³-hybridized carbons (Fsp3) is 0.586. The molecule has 1 saturated carbocycles. The van der Waals surface area contributed by atoms with Crippen molar-refractivity contribution < 1.29 is 19.0 Å². The van der Waals surface area contributed by atoms with Crippen LogP contribution in [0.5, 0.6) is 6.01 Å². The average molecular weight is 580 g/mol. The zero-order valence-corrected chi connectivity index (χ0v) is 24.7. The fourth-order valence-corrected chi connectivity index (χ4v) is 6.35. The van der Waals surface area contributed by atoms with E-state index in [0.29, 0.717) is 41.5 Å². The van der Waals surface area contributed by atoms with Crippen LogP contribution in [-0.4, -0.2) is 73.9 Å². The molecular formula is C29H37N7O4S. The minimum atomic E-state index is -0.487. The van der Waals surface area contributed by atoms with Gasteiger partial charge in [0.05, 0.1) is 23.8 Å². The highest BCUT2D eigenvalue weighted by molar-refractivity contribution is 7.18. The van der Waals surface area contributed by atoms with Gasteiger partial charge in [0.25, 0.3) is 0 Å². The molecule has 11 nitrogen and oxygen atoms in total. The summed E-state index contributed by atoms with van der Waals surface area (Å²) in [5.74, 6) is 0.796. The summed E-state index contributed by atoms with van der Waals surface area (Å²) in [4.78, 5) is 37.5. The Hall–Kier alpha value is -3.38. The summed E-state index contributed by atoms with van der Waals surface area (Å²) in [7, 11) is 0. The van der Waals surface area contributed by atoms with Crippen LogP contribution in [-0.2, 0) is 9.47 Å². The molecule has 3 aromatic rings. The predicted molar refractivity (Wildman–Crippen MR) is 154 cm³/mol. The molecule has 1 spiro atoms. The first-order valence-electron chi connectivity index (χ1n) is 14.3. The van der Waals surface area contributed by atoms with Crippen LogP contribution < -0.4 is 10.1 Å². The van der Waals surface area contributed by atoms with E-state index in [2.05, 4.69) is 30.2 Å². The van der Waals surface area contributed by atoms with Gasteiger partial charge in [0, 0.05) is 43.3 Å². The van der Waals surface area contributed by atoms with E-state index >= 15 is 0 Å². The Morgan fingerprint density at radius 2 is 1.78 bits per heavy atom. The summed E-state index contributed by atoms with van der Waals surface area (Å²) in [6.07, 6.45) is 13.1. The van der Waals surface area contributed by atoms with Crippen molar-refractivity contribution in [3.8, 4) is 16.6 Å². The molecule has 5 heterocycles. The molecule has 218 valence electrons. The third-order valence-electron chi connectivity index (χ3n) is 7.98.